The van der Waals surface area contributed by atoms with Gasteiger partial charge >= 0.3 is 6.03 Å². The molecule has 6 heteroatoms. The first-order chi connectivity index (χ1) is 10.9. The smallest absolute Gasteiger partial charge is 0.315 e. The van der Waals surface area contributed by atoms with Crippen molar-refractivity contribution in [3.05, 3.63) is 47.5 Å². The fraction of sp³-hybridized carbons (Fsp3) is 0.471. The van der Waals surface area contributed by atoms with Crippen LogP contribution in [-0.2, 0) is 18.5 Å². The number of carbonyl (C=O) groups is 1. The van der Waals surface area contributed by atoms with Gasteiger partial charge in [0.15, 0.2) is 0 Å². The van der Waals surface area contributed by atoms with Crippen LogP contribution in [0.25, 0.3) is 0 Å². The summed E-state index contributed by atoms with van der Waals surface area (Å²) >= 11 is 0. The van der Waals surface area contributed by atoms with Crippen LogP contribution >= 0.6 is 0 Å². The quantitative estimate of drug-likeness (QED) is 0.859. The van der Waals surface area contributed by atoms with E-state index >= 15 is 0 Å². The fourth-order valence-electron chi connectivity index (χ4n) is 2.46. The number of nitrogens with one attached hydrogen (secondary N) is 2. The molecule has 2 aromatic rings. The molecule has 0 unspecified atom stereocenters. The van der Waals surface area contributed by atoms with Crippen LogP contribution in [0.2, 0.25) is 0 Å². The monoisotopic (exact) mass is 315 g/mol. The van der Waals surface area contributed by atoms with Crippen LogP contribution in [0.1, 0.15) is 37.7 Å². The predicted molar refractivity (Wildman–Crippen MR) is 90.1 cm³/mol. The molecular weight excluding hydrogens is 290 g/mol. The number of amides is 2. The Bertz CT molecular complexity index is 663. The summed E-state index contributed by atoms with van der Waals surface area (Å²) in [5, 5.41) is 13.8. The molecule has 0 saturated heterocycles. The van der Waals surface area contributed by atoms with Gasteiger partial charge in [0.25, 0.3) is 0 Å². The molecule has 1 heterocycles. The second-order valence-corrected chi connectivity index (χ2v) is 6.17. The van der Waals surface area contributed by atoms with Crippen LogP contribution in [0.5, 0.6) is 0 Å². The van der Waals surface area contributed by atoms with Crippen molar-refractivity contribution >= 4 is 6.03 Å². The summed E-state index contributed by atoms with van der Waals surface area (Å²) in [6.45, 7) is 9.26. The summed E-state index contributed by atoms with van der Waals surface area (Å²) in [6.07, 6.45) is 2.52. The lowest BCUT2D eigenvalue weighted by atomic mass is 9.93. The van der Waals surface area contributed by atoms with E-state index in [1.165, 1.54) is 5.56 Å². The van der Waals surface area contributed by atoms with Gasteiger partial charge in [-0.3, -0.25) is 0 Å². The molecule has 0 aliphatic carbocycles. The van der Waals surface area contributed by atoms with Crippen molar-refractivity contribution in [3.8, 4) is 0 Å². The van der Waals surface area contributed by atoms with Crippen molar-refractivity contribution in [1.82, 2.24) is 25.4 Å². The van der Waals surface area contributed by atoms with Gasteiger partial charge in [-0.25, -0.2) is 4.79 Å². The Labute approximate surface area is 137 Å². The predicted octanol–water partition coefficient (Wildman–Crippen LogP) is 2.38. The Balaban J connectivity index is 1.86. The fourth-order valence-corrected chi connectivity index (χ4v) is 2.46. The van der Waals surface area contributed by atoms with Crippen LogP contribution < -0.4 is 10.6 Å². The van der Waals surface area contributed by atoms with Crippen LogP contribution in [0, 0.1) is 6.92 Å². The first-order valence-electron chi connectivity index (χ1n) is 7.92. The number of nitrogens with zero attached hydrogens (tertiary/aromatic N) is 3. The third kappa shape index (κ3) is 4.55. The molecule has 0 spiro atoms. The molecule has 2 amide bonds. The van der Waals surface area contributed by atoms with Crippen molar-refractivity contribution in [3.63, 3.8) is 0 Å². The zero-order chi connectivity index (χ0) is 16.9. The zero-order valence-corrected chi connectivity index (χ0v) is 14.3. The van der Waals surface area contributed by atoms with Gasteiger partial charge in [0.2, 0.25) is 0 Å². The van der Waals surface area contributed by atoms with Crippen LogP contribution in [0.4, 0.5) is 4.79 Å². The molecule has 1 aromatic carbocycles. The average molecular weight is 315 g/mol. The van der Waals surface area contributed by atoms with Crippen molar-refractivity contribution in [2.75, 3.05) is 6.54 Å². The van der Waals surface area contributed by atoms with Gasteiger partial charge < -0.3 is 15.2 Å². The van der Waals surface area contributed by atoms with Gasteiger partial charge in [-0.2, -0.15) is 0 Å². The number of aryl methyl sites for hydroxylation is 2. The van der Waals surface area contributed by atoms with Crippen molar-refractivity contribution in [2.45, 2.75) is 46.2 Å². The van der Waals surface area contributed by atoms with E-state index in [2.05, 4.69) is 26.9 Å². The third-order valence-electron chi connectivity index (χ3n) is 3.82. The van der Waals surface area contributed by atoms with Gasteiger partial charge in [0.1, 0.15) is 12.2 Å². The number of benzene rings is 1. The summed E-state index contributed by atoms with van der Waals surface area (Å²) in [5.41, 5.74) is 1.83. The van der Waals surface area contributed by atoms with E-state index in [0.29, 0.717) is 13.1 Å². The van der Waals surface area contributed by atoms with E-state index in [4.69, 9.17) is 0 Å². The van der Waals surface area contributed by atoms with E-state index in [0.717, 1.165) is 17.8 Å². The van der Waals surface area contributed by atoms with E-state index < -0.39 is 5.54 Å². The molecule has 0 aliphatic rings. The Kier molecular flexibility index (Phi) is 5.36. The maximum atomic E-state index is 12.1. The molecule has 0 saturated carbocycles. The largest absolute Gasteiger partial charge is 0.336 e. The molecule has 23 heavy (non-hydrogen) atoms. The van der Waals surface area contributed by atoms with Crippen molar-refractivity contribution in [1.29, 1.82) is 0 Å². The van der Waals surface area contributed by atoms with Gasteiger partial charge in [0, 0.05) is 19.5 Å². The zero-order valence-electron chi connectivity index (χ0n) is 14.3. The molecule has 2 N–H and O–H groups in total. The molecule has 0 radical (unpaired) electrons. The maximum absolute atomic E-state index is 12.1. The first kappa shape index (κ1) is 17.0. The molecule has 2 rings (SSSR count). The van der Waals surface area contributed by atoms with Gasteiger partial charge in [0.05, 0.1) is 5.54 Å². The number of carbonyl (C=O) groups excluding carboxylic acids is 1. The van der Waals surface area contributed by atoms with Gasteiger partial charge in [-0.1, -0.05) is 36.8 Å². The topological polar surface area (TPSA) is 71.8 Å². The molecule has 0 fully saturated rings. The number of urea groups is 1. The first-order valence-corrected chi connectivity index (χ1v) is 7.92. The van der Waals surface area contributed by atoms with E-state index in [1.807, 2.05) is 50.5 Å². The molecule has 0 bridgehead atoms. The maximum Gasteiger partial charge on any atom is 0.315 e. The summed E-state index contributed by atoms with van der Waals surface area (Å²) in [4.78, 5) is 12.1. The lowest BCUT2D eigenvalue weighted by Crippen LogP contribution is -2.47. The standard InChI is InChI=1S/C17H25N5O/c1-5-15-21-19-12-22(15)10-9-18-16(23)20-17(3,4)14-8-6-7-13(2)11-14/h6-8,11-12H,5,9-10H2,1-4H3,(H2,18,20,23). The summed E-state index contributed by atoms with van der Waals surface area (Å²) in [7, 11) is 0. The lowest BCUT2D eigenvalue weighted by molar-refractivity contribution is 0.229. The Morgan fingerprint density at radius 1 is 1.35 bits per heavy atom. The number of rotatable bonds is 6. The highest BCUT2D eigenvalue weighted by atomic mass is 16.2. The summed E-state index contributed by atoms with van der Waals surface area (Å²) in [5.74, 6) is 0.923. The summed E-state index contributed by atoms with van der Waals surface area (Å²) in [6, 6.07) is 7.99. The third-order valence-corrected chi connectivity index (χ3v) is 3.82. The molecule has 1 aromatic heterocycles. The second kappa shape index (κ2) is 7.26. The normalized spacial score (nSPS) is 11.3. The average Bonchev–Trinajstić information content (AvgIpc) is 2.94. The SMILES string of the molecule is CCc1nncn1CCNC(=O)NC(C)(C)c1cccc(C)c1. The Hall–Kier alpha value is -2.37. The summed E-state index contributed by atoms with van der Waals surface area (Å²) < 4.78 is 1.95. The lowest BCUT2D eigenvalue weighted by Gasteiger charge is -2.27. The number of hydrogen-bond donors (Lipinski definition) is 2. The minimum atomic E-state index is -0.429. The van der Waals surface area contributed by atoms with Gasteiger partial charge in [-0.15, -0.1) is 10.2 Å². The van der Waals surface area contributed by atoms with Crippen LogP contribution in [0.3, 0.4) is 0 Å². The number of hydrogen-bond acceptors (Lipinski definition) is 3. The second-order valence-electron chi connectivity index (χ2n) is 6.17. The highest BCUT2D eigenvalue weighted by Crippen LogP contribution is 2.20. The molecule has 124 valence electrons. The number of aromatic nitrogens is 3. The molecular formula is C17H25N5O. The minimum absolute atomic E-state index is 0.178. The highest BCUT2D eigenvalue weighted by Gasteiger charge is 2.22. The van der Waals surface area contributed by atoms with Gasteiger partial charge in [-0.05, 0) is 26.3 Å². The molecule has 0 aliphatic heterocycles. The Morgan fingerprint density at radius 2 is 2.13 bits per heavy atom. The van der Waals surface area contributed by atoms with E-state index in [1.54, 1.807) is 6.33 Å². The van der Waals surface area contributed by atoms with E-state index in [9.17, 15) is 4.79 Å². The van der Waals surface area contributed by atoms with Crippen LogP contribution in [0.15, 0.2) is 30.6 Å². The van der Waals surface area contributed by atoms with Crippen molar-refractivity contribution in [2.24, 2.45) is 0 Å². The molecule has 0 atom stereocenters. The molecule has 6 nitrogen and oxygen atoms in total. The Morgan fingerprint density at radius 3 is 2.83 bits per heavy atom. The highest BCUT2D eigenvalue weighted by molar-refractivity contribution is 5.74. The van der Waals surface area contributed by atoms with Crippen molar-refractivity contribution < 1.29 is 4.79 Å². The van der Waals surface area contributed by atoms with E-state index in [-0.39, 0.29) is 6.03 Å². The van der Waals surface area contributed by atoms with Crippen LogP contribution in [-0.4, -0.2) is 27.3 Å². The minimum Gasteiger partial charge on any atom is -0.336 e.